The quantitative estimate of drug-likeness (QED) is 0.844. The van der Waals surface area contributed by atoms with Gasteiger partial charge >= 0.3 is 0 Å². The van der Waals surface area contributed by atoms with Crippen LogP contribution in [0.2, 0.25) is 0 Å². The summed E-state index contributed by atoms with van der Waals surface area (Å²) >= 11 is 0. The van der Waals surface area contributed by atoms with Crippen molar-refractivity contribution in [2.24, 2.45) is 0 Å². The van der Waals surface area contributed by atoms with Gasteiger partial charge in [-0.15, -0.1) is 0 Å². The van der Waals surface area contributed by atoms with Crippen LogP contribution in [-0.4, -0.2) is 23.3 Å². The number of rotatable bonds is 6. The fourth-order valence-corrected chi connectivity index (χ4v) is 2.57. The fourth-order valence-electron chi connectivity index (χ4n) is 2.57. The third kappa shape index (κ3) is 2.42. The van der Waals surface area contributed by atoms with Crippen LogP contribution in [0.4, 0.5) is 0 Å². The second-order valence-electron chi connectivity index (χ2n) is 4.74. The highest BCUT2D eigenvalue weighted by Gasteiger charge is 2.35. The van der Waals surface area contributed by atoms with Crippen LogP contribution in [0.25, 0.3) is 0 Å². The van der Waals surface area contributed by atoms with E-state index in [1.165, 1.54) is 6.42 Å². The molecule has 0 spiro atoms. The van der Waals surface area contributed by atoms with Gasteiger partial charge in [0.15, 0.2) is 0 Å². The fraction of sp³-hybridized carbons (Fsp3) is 0.846. The number of aromatic nitrogens is 2. The molecule has 0 saturated carbocycles. The molecule has 0 bridgehead atoms. The highest BCUT2D eigenvalue weighted by Crippen LogP contribution is 2.32. The van der Waals surface area contributed by atoms with Gasteiger partial charge in [0.2, 0.25) is 11.7 Å². The van der Waals surface area contributed by atoms with Gasteiger partial charge in [-0.05, 0) is 39.2 Å². The van der Waals surface area contributed by atoms with Crippen LogP contribution in [-0.2, 0) is 10.3 Å². The standard InChI is InChI=1S/C13H23N3O2/c1-4-13(5-2,17-6-3)12-15-11(18-16-12)10-8-7-9-14-10/h10,14H,4-9H2,1-3H3/t10-/m0/s1. The molecule has 1 saturated heterocycles. The van der Waals surface area contributed by atoms with Gasteiger partial charge in [-0.1, -0.05) is 19.0 Å². The molecule has 1 atom stereocenters. The average Bonchev–Trinajstić information content (AvgIpc) is 3.05. The summed E-state index contributed by atoms with van der Waals surface area (Å²) in [5.74, 6) is 1.39. The lowest BCUT2D eigenvalue weighted by molar-refractivity contribution is -0.0583. The molecule has 0 radical (unpaired) electrons. The van der Waals surface area contributed by atoms with Crippen LogP contribution in [0.15, 0.2) is 4.52 Å². The minimum absolute atomic E-state index is 0.222. The Balaban J connectivity index is 2.20. The largest absolute Gasteiger partial charge is 0.367 e. The zero-order valence-electron chi connectivity index (χ0n) is 11.5. The summed E-state index contributed by atoms with van der Waals surface area (Å²) < 4.78 is 11.3. The van der Waals surface area contributed by atoms with Crippen LogP contribution in [0.3, 0.4) is 0 Å². The first-order chi connectivity index (χ1) is 8.75. The zero-order valence-corrected chi connectivity index (χ0v) is 11.5. The van der Waals surface area contributed by atoms with Crippen LogP contribution in [0, 0.1) is 0 Å². The maximum atomic E-state index is 5.88. The molecular weight excluding hydrogens is 230 g/mol. The summed E-state index contributed by atoms with van der Waals surface area (Å²) in [5, 5.41) is 7.51. The van der Waals surface area contributed by atoms with Crippen molar-refractivity contribution in [3.05, 3.63) is 11.7 Å². The Kier molecular flexibility index (Phi) is 4.35. The summed E-state index contributed by atoms with van der Waals surface area (Å²) in [6.45, 7) is 7.89. The Morgan fingerprint density at radius 2 is 2.17 bits per heavy atom. The third-order valence-corrected chi connectivity index (χ3v) is 3.77. The monoisotopic (exact) mass is 253 g/mol. The molecule has 1 N–H and O–H groups in total. The van der Waals surface area contributed by atoms with Crippen LogP contribution < -0.4 is 5.32 Å². The second-order valence-corrected chi connectivity index (χ2v) is 4.74. The van der Waals surface area contributed by atoms with Gasteiger partial charge < -0.3 is 14.6 Å². The average molecular weight is 253 g/mol. The van der Waals surface area contributed by atoms with Crippen molar-refractivity contribution in [3.63, 3.8) is 0 Å². The van der Waals surface area contributed by atoms with Gasteiger partial charge in [-0.25, -0.2) is 0 Å². The molecule has 0 unspecified atom stereocenters. The second kappa shape index (κ2) is 5.80. The number of ether oxygens (including phenoxy) is 1. The molecule has 1 aromatic heterocycles. The molecular formula is C13H23N3O2. The summed E-state index contributed by atoms with van der Waals surface area (Å²) in [6.07, 6.45) is 3.95. The Hall–Kier alpha value is -0.940. The van der Waals surface area contributed by atoms with Crippen molar-refractivity contribution < 1.29 is 9.26 Å². The number of hydrogen-bond donors (Lipinski definition) is 1. The van der Waals surface area contributed by atoms with E-state index in [-0.39, 0.29) is 6.04 Å². The molecule has 2 heterocycles. The van der Waals surface area contributed by atoms with E-state index in [1.54, 1.807) is 0 Å². The molecule has 1 aliphatic heterocycles. The predicted octanol–water partition coefficient (Wildman–Crippen LogP) is 2.55. The van der Waals surface area contributed by atoms with E-state index in [1.807, 2.05) is 6.92 Å². The molecule has 18 heavy (non-hydrogen) atoms. The van der Waals surface area contributed by atoms with Crippen molar-refractivity contribution >= 4 is 0 Å². The Bertz CT molecular complexity index is 368. The molecule has 0 aromatic carbocycles. The Morgan fingerprint density at radius 1 is 1.39 bits per heavy atom. The van der Waals surface area contributed by atoms with Crippen molar-refractivity contribution in [1.29, 1.82) is 0 Å². The van der Waals surface area contributed by atoms with Crippen molar-refractivity contribution in [2.45, 2.75) is 58.1 Å². The Labute approximate surface area is 108 Å². The van der Waals surface area contributed by atoms with E-state index in [0.717, 1.165) is 25.8 Å². The van der Waals surface area contributed by atoms with Gasteiger partial charge in [0.1, 0.15) is 5.60 Å². The lowest BCUT2D eigenvalue weighted by atomic mass is 9.96. The SMILES string of the molecule is CCOC(CC)(CC)c1noc([C@@H]2CCCN2)n1. The van der Waals surface area contributed by atoms with Crippen molar-refractivity contribution in [3.8, 4) is 0 Å². The number of hydrogen-bond acceptors (Lipinski definition) is 5. The maximum absolute atomic E-state index is 5.88. The molecule has 5 heteroatoms. The lowest BCUT2D eigenvalue weighted by Gasteiger charge is -2.27. The lowest BCUT2D eigenvalue weighted by Crippen LogP contribution is -2.30. The van der Waals surface area contributed by atoms with E-state index in [4.69, 9.17) is 9.26 Å². The maximum Gasteiger partial charge on any atom is 0.243 e. The van der Waals surface area contributed by atoms with E-state index >= 15 is 0 Å². The molecule has 1 aromatic rings. The molecule has 0 amide bonds. The van der Waals surface area contributed by atoms with E-state index < -0.39 is 5.60 Å². The van der Waals surface area contributed by atoms with Gasteiger partial charge in [0.05, 0.1) is 6.04 Å². The van der Waals surface area contributed by atoms with Gasteiger partial charge in [-0.3, -0.25) is 0 Å². The first kappa shape index (κ1) is 13.5. The number of nitrogens with one attached hydrogen (secondary N) is 1. The molecule has 1 fully saturated rings. The normalized spacial score (nSPS) is 20.5. The topological polar surface area (TPSA) is 60.2 Å². The van der Waals surface area contributed by atoms with Gasteiger partial charge in [0.25, 0.3) is 0 Å². The van der Waals surface area contributed by atoms with Crippen LogP contribution >= 0.6 is 0 Å². The highest BCUT2D eigenvalue weighted by molar-refractivity contribution is 5.03. The zero-order chi connectivity index (χ0) is 13.0. The molecule has 5 nitrogen and oxygen atoms in total. The predicted molar refractivity (Wildman–Crippen MR) is 68.2 cm³/mol. The molecule has 102 valence electrons. The third-order valence-electron chi connectivity index (χ3n) is 3.77. The van der Waals surface area contributed by atoms with Crippen LogP contribution in [0.5, 0.6) is 0 Å². The van der Waals surface area contributed by atoms with Crippen molar-refractivity contribution in [1.82, 2.24) is 15.5 Å². The summed E-state index contributed by atoms with van der Waals surface area (Å²) in [6, 6.07) is 0.222. The minimum atomic E-state index is -0.394. The van der Waals surface area contributed by atoms with E-state index in [9.17, 15) is 0 Å². The molecule has 0 aliphatic carbocycles. The summed E-state index contributed by atoms with van der Waals surface area (Å²) in [4.78, 5) is 4.56. The first-order valence-electron chi connectivity index (χ1n) is 6.97. The first-order valence-corrected chi connectivity index (χ1v) is 6.97. The van der Waals surface area contributed by atoms with Gasteiger partial charge in [0, 0.05) is 6.61 Å². The van der Waals surface area contributed by atoms with E-state index in [0.29, 0.717) is 18.3 Å². The number of nitrogens with zero attached hydrogens (tertiary/aromatic N) is 2. The summed E-state index contributed by atoms with van der Waals surface area (Å²) in [5.41, 5.74) is -0.394. The van der Waals surface area contributed by atoms with Crippen LogP contribution in [0.1, 0.15) is 64.2 Å². The Morgan fingerprint density at radius 3 is 2.72 bits per heavy atom. The smallest absolute Gasteiger partial charge is 0.243 e. The van der Waals surface area contributed by atoms with Gasteiger partial charge in [-0.2, -0.15) is 4.98 Å². The van der Waals surface area contributed by atoms with E-state index in [2.05, 4.69) is 29.3 Å². The molecule has 2 rings (SSSR count). The minimum Gasteiger partial charge on any atom is -0.367 e. The summed E-state index contributed by atoms with van der Waals surface area (Å²) in [7, 11) is 0. The highest BCUT2D eigenvalue weighted by atomic mass is 16.5. The molecule has 1 aliphatic rings. The van der Waals surface area contributed by atoms with Crippen molar-refractivity contribution in [2.75, 3.05) is 13.2 Å².